The van der Waals surface area contributed by atoms with Gasteiger partial charge in [-0.25, -0.2) is 0 Å². The molecule has 1 unspecified atom stereocenters. The van der Waals surface area contributed by atoms with Gasteiger partial charge in [-0.2, -0.15) is 0 Å². The van der Waals surface area contributed by atoms with Gasteiger partial charge in [0.15, 0.2) is 0 Å². The van der Waals surface area contributed by atoms with Crippen LogP contribution >= 0.6 is 0 Å². The number of rotatable bonds is 0. The average Bonchev–Trinajstić information content (AvgIpc) is 2.29. The van der Waals surface area contributed by atoms with E-state index in [2.05, 4.69) is 24.0 Å². The van der Waals surface area contributed by atoms with Crippen LogP contribution in [0.15, 0.2) is 18.2 Å². The lowest BCUT2D eigenvalue weighted by atomic mass is 9.90. The van der Waals surface area contributed by atoms with E-state index in [1.54, 1.807) is 0 Å². The first-order valence-electron chi connectivity index (χ1n) is 6.65. The lowest BCUT2D eigenvalue weighted by molar-refractivity contribution is -0.0410. The van der Waals surface area contributed by atoms with Crippen molar-refractivity contribution >= 4 is 10.9 Å². The minimum atomic E-state index is -0.535. The van der Waals surface area contributed by atoms with Crippen LogP contribution in [0.1, 0.15) is 30.7 Å². The van der Waals surface area contributed by atoms with Gasteiger partial charge in [0.05, 0.1) is 11.6 Å². The first kappa shape index (κ1) is 12.4. The van der Waals surface area contributed by atoms with Gasteiger partial charge >= 0.3 is 0 Å². The summed E-state index contributed by atoms with van der Waals surface area (Å²) in [6, 6.07) is 6.18. The Morgan fingerprint density at radius 2 is 2.00 bits per heavy atom. The van der Waals surface area contributed by atoms with Crippen LogP contribution in [0, 0.1) is 13.8 Å². The number of ether oxygens (including phenoxy) is 1. The number of aryl methyl sites for hydroxylation is 2. The quantitative estimate of drug-likeness (QED) is 0.789. The molecule has 0 amide bonds. The predicted molar refractivity (Wildman–Crippen MR) is 75.6 cm³/mol. The normalized spacial score (nSPS) is 21.0. The van der Waals surface area contributed by atoms with Crippen molar-refractivity contribution in [1.82, 2.24) is 4.98 Å². The summed E-state index contributed by atoms with van der Waals surface area (Å²) >= 11 is 0. The summed E-state index contributed by atoms with van der Waals surface area (Å²) in [5.41, 5.74) is 3.70. The van der Waals surface area contributed by atoms with Crippen molar-refractivity contribution in [2.24, 2.45) is 0 Å². The summed E-state index contributed by atoms with van der Waals surface area (Å²) in [6.45, 7) is 7.93. The number of aliphatic hydroxyl groups excluding tert-OH is 1. The second kappa shape index (κ2) is 3.94. The largest absolute Gasteiger partial charge is 0.485 e. The van der Waals surface area contributed by atoms with Gasteiger partial charge in [-0.1, -0.05) is 0 Å². The monoisotopic (exact) mass is 257 g/mol. The number of nitrogens with zero attached hydrogens (tertiary/aromatic N) is 1. The Labute approximate surface area is 113 Å². The van der Waals surface area contributed by atoms with E-state index in [-0.39, 0.29) is 0 Å². The maximum absolute atomic E-state index is 10.1. The standard InChI is InChI=1S/C16H19NO2/c1-9-5-10(2)17-13-6-11-7-15(18)16(3,4)19-14(11)8-12(9)13/h5-6,8,15,18H,7H2,1-4H3. The average molecular weight is 257 g/mol. The van der Waals surface area contributed by atoms with Crippen LogP contribution in [0.3, 0.4) is 0 Å². The fourth-order valence-corrected chi connectivity index (χ4v) is 2.69. The van der Waals surface area contributed by atoms with Crippen LogP contribution < -0.4 is 4.74 Å². The topological polar surface area (TPSA) is 42.4 Å². The van der Waals surface area contributed by atoms with Gasteiger partial charge in [0, 0.05) is 17.5 Å². The van der Waals surface area contributed by atoms with E-state index in [4.69, 9.17) is 4.74 Å². The Morgan fingerprint density at radius 1 is 1.26 bits per heavy atom. The van der Waals surface area contributed by atoms with Crippen LogP contribution in [-0.2, 0) is 6.42 Å². The van der Waals surface area contributed by atoms with E-state index in [0.717, 1.165) is 27.9 Å². The maximum Gasteiger partial charge on any atom is 0.129 e. The van der Waals surface area contributed by atoms with E-state index < -0.39 is 11.7 Å². The Bertz CT molecular complexity index is 661. The molecule has 0 saturated heterocycles. The van der Waals surface area contributed by atoms with Gasteiger partial charge in [-0.15, -0.1) is 0 Å². The molecule has 3 heteroatoms. The van der Waals surface area contributed by atoms with Crippen molar-refractivity contribution in [3.05, 3.63) is 35.0 Å². The van der Waals surface area contributed by atoms with E-state index in [9.17, 15) is 5.11 Å². The van der Waals surface area contributed by atoms with Gasteiger partial charge in [-0.05, 0) is 57.0 Å². The van der Waals surface area contributed by atoms with Crippen molar-refractivity contribution in [2.45, 2.75) is 45.8 Å². The summed E-state index contributed by atoms with van der Waals surface area (Å²) in [5, 5.41) is 11.2. The number of aliphatic hydroxyl groups is 1. The Kier molecular flexibility index (Phi) is 2.58. The summed E-state index contributed by atoms with van der Waals surface area (Å²) in [6.07, 6.45) is 0.135. The molecule has 0 spiro atoms. The van der Waals surface area contributed by atoms with E-state index in [0.29, 0.717) is 6.42 Å². The van der Waals surface area contributed by atoms with Gasteiger partial charge in [0.2, 0.25) is 0 Å². The SMILES string of the molecule is Cc1cc(C)c2cc3c(cc2n1)CC(O)C(C)(C)O3. The third kappa shape index (κ3) is 1.98. The lowest BCUT2D eigenvalue weighted by Crippen LogP contribution is -2.46. The Hall–Kier alpha value is -1.61. The summed E-state index contributed by atoms with van der Waals surface area (Å²) < 4.78 is 5.95. The first-order chi connectivity index (χ1) is 8.87. The second-order valence-electron chi connectivity index (χ2n) is 5.98. The molecular formula is C16H19NO2. The van der Waals surface area contributed by atoms with Crippen molar-refractivity contribution in [2.75, 3.05) is 0 Å². The maximum atomic E-state index is 10.1. The zero-order valence-electron chi connectivity index (χ0n) is 11.8. The van der Waals surface area contributed by atoms with Crippen molar-refractivity contribution in [3.8, 4) is 5.75 Å². The molecule has 0 fully saturated rings. The van der Waals surface area contributed by atoms with Crippen LogP contribution in [0.5, 0.6) is 5.75 Å². The molecule has 19 heavy (non-hydrogen) atoms. The molecule has 1 N–H and O–H groups in total. The minimum Gasteiger partial charge on any atom is -0.485 e. The predicted octanol–water partition coefficient (Wildman–Crippen LogP) is 2.93. The summed E-state index contributed by atoms with van der Waals surface area (Å²) in [4.78, 5) is 4.57. The fourth-order valence-electron chi connectivity index (χ4n) is 2.69. The lowest BCUT2D eigenvalue weighted by Gasteiger charge is -2.37. The number of fused-ring (bicyclic) bond motifs is 2. The molecular weight excluding hydrogens is 238 g/mol. The molecule has 2 heterocycles. The van der Waals surface area contributed by atoms with Crippen LogP contribution in [0.25, 0.3) is 10.9 Å². The highest BCUT2D eigenvalue weighted by Gasteiger charge is 2.35. The van der Waals surface area contributed by atoms with Crippen molar-refractivity contribution in [1.29, 1.82) is 0 Å². The third-order valence-electron chi connectivity index (χ3n) is 3.91. The number of hydrogen-bond donors (Lipinski definition) is 1. The molecule has 0 saturated carbocycles. The second-order valence-corrected chi connectivity index (χ2v) is 5.98. The molecule has 1 atom stereocenters. The molecule has 3 nitrogen and oxygen atoms in total. The highest BCUT2D eigenvalue weighted by molar-refractivity contribution is 5.85. The molecule has 1 aliphatic heterocycles. The smallest absolute Gasteiger partial charge is 0.129 e. The van der Waals surface area contributed by atoms with E-state index >= 15 is 0 Å². The molecule has 1 aromatic heterocycles. The van der Waals surface area contributed by atoms with Gasteiger partial charge in [0.25, 0.3) is 0 Å². The van der Waals surface area contributed by atoms with Gasteiger partial charge in [0.1, 0.15) is 11.4 Å². The van der Waals surface area contributed by atoms with Gasteiger partial charge in [-0.3, -0.25) is 4.98 Å². The Morgan fingerprint density at radius 3 is 2.74 bits per heavy atom. The Balaban J connectivity index is 2.22. The molecule has 100 valence electrons. The molecule has 1 aromatic carbocycles. The molecule has 3 rings (SSSR count). The minimum absolute atomic E-state index is 0.483. The van der Waals surface area contributed by atoms with Crippen molar-refractivity contribution < 1.29 is 9.84 Å². The first-order valence-corrected chi connectivity index (χ1v) is 6.65. The molecule has 2 aromatic rings. The molecule has 0 bridgehead atoms. The van der Waals surface area contributed by atoms with E-state index in [1.165, 1.54) is 5.56 Å². The number of benzene rings is 1. The number of aromatic nitrogens is 1. The van der Waals surface area contributed by atoms with Crippen LogP contribution in [0.4, 0.5) is 0 Å². The molecule has 1 aliphatic rings. The van der Waals surface area contributed by atoms with Crippen LogP contribution in [-0.4, -0.2) is 21.8 Å². The van der Waals surface area contributed by atoms with Crippen LogP contribution in [0.2, 0.25) is 0 Å². The van der Waals surface area contributed by atoms with Gasteiger partial charge < -0.3 is 9.84 Å². The molecule has 0 aliphatic carbocycles. The van der Waals surface area contributed by atoms with E-state index in [1.807, 2.05) is 26.8 Å². The fraction of sp³-hybridized carbons (Fsp3) is 0.438. The highest BCUT2D eigenvalue weighted by Crippen LogP contribution is 2.36. The zero-order chi connectivity index (χ0) is 13.8. The summed E-state index contributed by atoms with van der Waals surface area (Å²) in [7, 11) is 0. The number of hydrogen-bond acceptors (Lipinski definition) is 3. The zero-order valence-corrected chi connectivity index (χ0v) is 11.8. The van der Waals surface area contributed by atoms with Crippen molar-refractivity contribution in [3.63, 3.8) is 0 Å². The summed E-state index contributed by atoms with van der Waals surface area (Å²) in [5.74, 6) is 0.872. The highest BCUT2D eigenvalue weighted by atomic mass is 16.5. The number of pyridine rings is 1. The molecule has 0 radical (unpaired) electrons. The third-order valence-corrected chi connectivity index (χ3v) is 3.91.